The predicted molar refractivity (Wildman–Crippen MR) is 139 cm³/mol. The Labute approximate surface area is 204 Å². The van der Waals surface area contributed by atoms with Gasteiger partial charge in [-0.2, -0.15) is 0 Å². The summed E-state index contributed by atoms with van der Waals surface area (Å²) in [6.45, 7) is 11.2. The Morgan fingerprint density at radius 1 is 1.26 bits per heavy atom. The largest absolute Gasteiger partial charge is 0.340 e. The molecular formula is C27H39N3O3S. The molecule has 1 aromatic heterocycles. The van der Waals surface area contributed by atoms with Gasteiger partial charge in [-0.1, -0.05) is 32.1 Å². The molecule has 0 saturated carbocycles. The highest BCUT2D eigenvalue weighted by molar-refractivity contribution is 7.90. The fourth-order valence-electron chi connectivity index (χ4n) is 4.35. The normalized spacial score (nSPS) is 16.5. The standard InChI is InChI=1S/C27H39N3O3S/c1-19-18-28-25(29-19)24(31)16-21-8-9-22(27(4,5)30(6)14-15-34(7,32)33)17-23(21)20-10-12-26(2,3)13-11-20/h8-10,17-18H,11-16H2,1-7H3,(H,28,29). The molecule has 0 radical (unpaired) electrons. The molecule has 2 aromatic rings. The molecule has 0 spiro atoms. The number of benzene rings is 1. The van der Waals surface area contributed by atoms with Crippen LogP contribution in [0.15, 0.2) is 30.5 Å². The van der Waals surface area contributed by atoms with Gasteiger partial charge in [0.15, 0.2) is 5.82 Å². The average molecular weight is 486 g/mol. The minimum absolute atomic E-state index is 0.0247. The van der Waals surface area contributed by atoms with Crippen LogP contribution in [0.4, 0.5) is 0 Å². The van der Waals surface area contributed by atoms with Gasteiger partial charge in [-0.25, -0.2) is 13.4 Å². The third-order valence-corrected chi connectivity index (χ3v) is 8.13. The van der Waals surface area contributed by atoms with Crippen molar-refractivity contribution in [3.63, 3.8) is 0 Å². The molecule has 0 atom stereocenters. The number of rotatable bonds is 9. The number of hydrogen-bond acceptors (Lipinski definition) is 5. The highest BCUT2D eigenvalue weighted by Crippen LogP contribution is 2.40. The van der Waals surface area contributed by atoms with Gasteiger partial charge in [-0.05, 0) is 80.8 Å². The number of sulfone groups is 1. The van der Waals surface area contributed by atoms with Crippen molar-refractivity contribution in [1.82, 2.24) is 14.9 Å². The number of allylic oxidation sites excluding steroid dienone is 2. The van der Waals surface area contributed by atoms with Crippen molar-refractivity contribution in [2.45, 2.75) is 65.8 Å². The van der Waals surface area contributed by atoms with E-state index < -0.39 is 9.84 Å². The first-order valence-electron chi connectivity index (χ1n) is 11.9. The highest BCUT2D eigenvalue weighted by atomic mass is 32.2. The number of Topliss-reactive ketones (excluding diaryl/α,β-unsaturated/α-hetero) is 1. The molecule has 0 unspecified atom stereocenters. The Kier molecular flexibility index (Phi) is 7.58. The van der Waals surface area contributed by atoms with E-state index in [4.69, 9.17) is 0 Å². The highest BCUT2D eigenvalue weighted by Gasteiger charge is 2.29. The molecule has 0 fully saturated rings. The molecule has 1 aliphatic rings. The molecule has 7 heteroatoms. The van der Waals surface area contributed by atoms with Gasteiger partial charge in [-0.15, -0.1) is 0 Å². The van der Waals surface area contributed by atoms with Gasteiger partial charge in [0.05, 0.1) is 5.75 Å². The summed E-state index contributed by atoms with van der Waals surface area (Å²) in [6, 6.07) is 6.34. The van der Waals surface area contributed by atoms with Crippen molar-refractivity contribution in [3.8, 4) is 0 Å². The molecule has 6 nitrogen and oxygen atoms in total. The molecule has 0 amide bonds. The van der Waals surface area contributed by atoms with Crippen LogP contribution in [0.1, 0.15) is 80.0 Å². The van der Waals surface area contributed by atoms with E-state index in [0.29, 0.717) is 12.4 Å². The third kappa shape index (κ3) is 6.45. The number of aromatic amines is 1. The number of nitrogens with zero attached hydrogens (tertiary/aromatic N) is 2. The zero-order valence-corrected chi connectivity index (χ0v) is 22.5. The van der Waals surface area contributed by atoms with Gasteiger partial charge in [0.2, 0.25) is 5.78 Å². The second-order valence-electron chi connectivity index (χ2n) is 11.1. The number of ketones is 1. The van der Waals surface area contributed by atoms with Crippen LogP contribution in [0.3, 0.4) is 0 Å². The van der Waals surface area contributed by atoms with Gasteiger partial charge >= 0.3 is 0 Å². The summed E-state index contributed by atoms with van der Waals surface area (Å²) in [5.41, 5.74) is 5.30. The van der Waals surface area contributed by atoms with E-state index in [9.17, 15) is 13.2 Å². The maximum absolute atomic E-state index is 13.0. The monoisotopic (exact) mass is 485 g/mol. The molecule has 186 valence electrons. The summed E-state index contributed by atoms with van der Waals surface area (Å²) in [5, 5.41) is 0. The fourth-order valence-corrected chi connectivity index (χ4v) is 4.95. The first kappa shape index (κ1) is 26.4. The summed E-state index contributed by atoms with van der Waals surface area (Å²) in [7, 11) is -1.08. The second kappa shape index (κ2) is 9.78. The SMILES string of the molecule is Cc1cnc(C(=O)Cc2ccc(C(C)(C)N(C)CCS(C)(=O)=O)cc2C2=CCC(C)(C)CC2)[nH]1. The van der Waals surface area contributed by atoms with E-state index in [1.54, 1.807) is 6.20 Å². The maximum atomic E-state index is 13.0. The van der Waals surface area contributed by atoms with E-state index in [1.165, 1.54) is 11.8 Å². The summed E-state index contributed by atoms with van der Waals surface area (Å²) < 4.78 is 23.4. The van der Waals surface area contributed by atoms with Gasteiger partial charge in [0, 0.05) is 36.7 Å². The minimum Gasteiger partial charge on any atom is -0.340 e. The Hall–Kier alpha value is -2.25. The molecule has 1 heterocycles. The van der Waals surface area contributed by atoms with Crippen molar-refractivity contribution in [2.75, 3.05) is 25.6 Å². The summed E-state index contributed by atoms with van der Waals surface area (Å²) >= 11 is 0. The van der Waals surface area contributed by atoms with Crippen LogP contribution in [-0.2, 0) is 21.8 Å². The quantitative estimate of drug-likeness (QED) is 0.508. The summed E-state index contributed by atoms with van der Waals surface area (Å²) in [6.07, 6.45) is 8.65. The molecular weight excluding hydrogens is 446 g/mol. The summed E-state index contributed by atoms with van der Waals surface area (Å²) in [4.78, 5) is 22.3. The predicted octanol–water partition coefficient (Wildman–Crippen LogP) is 4.95. The van der Waals surface area contributed by atoms with E-state index in [-0.39, 0.29) is 28.9 Å². The molecule has 0 aliphatic heterocycles. The molecule has 1 N–H and O–H groups in total. The van der Waals surface area contributed by atoms with Crippen molar-refractivity contribution in [2.24, 2.45) is 5.41 Å². The number of hydrogen-bond donors (Lipinski definition) is 1. The molecule has 0 bridgehead atoms. The van der Waals surface area contributed by atoms with Crippen LogP contribution in [0.2, 0.25) is 0 Å². The molecule has 34 heavy (non-hydrogen) atoms. The van der Waals surface area contributed by atoms with Crippen LogP contribution < -0.4 is 0 Å². The number of imidazole rings is 1. The van der Waals surface area contributed by atoms with Crippen LogP contribution in [-0.4, -0.2) is 54.7 Å². The van der Waals surface area contributed by atoms with Crippen LogP contribution in [0, 0.1) is 12.3 Å². The van der Waals surface area contributed by atoms with E-state index in [0.717, 1.165) is 41.6 Å². The number of H-pyrrole nitrogens is 1. The average Bonchev–Trinajstić information content (AvgIpc) is 3.18. The van der Waals surface area contributed by atoms with E-state index >= 15 is 0 Å². The maximum Gasteiger partial charge on any atom is 0.202 e. The zero-order valence-electron chi connectivity index (χ0n) is 21.7. The van der Waals surface area contributed by atoms with Gasteiger partial charge in [-0.3, -0.25) is 9.69 Å². The number of aromatic nitrogens is 2. The number of aryl methyl sites for hydroxylation is 1. The lowest BCUT2D eigenvalue weighted by Crippen LogP contribution is -2.41. The minimum atomic E-state index is -3.04. The van der Waals surface area contributed by atoms with Gasteiger partial charge < -0.3 is 4.98 Å². The Morgan fingerprint density at radius 2 is 1.97 bits per heavy atom. The molecule has 1 aliphatic carbocycles. The lowest BCUT2D eigenvalue weighted by Gasteiger charge is -2.37. The molecule has 1 aromatic carbocycles. The number of carbonyl (C=O) groups excluding carboxylic acids is 1. The summed E-state index contributed by atoms with van der Waals surface area (Å²) in [5.74, 6) is 0.491. The van der Waals surface area contributed by atoms with Crippen LogP contribution in [0.25, 0.3) is 5.57 Å². The first-order valence-corrected chi connectivity index (χ1v) is 14.0. The topological polar surface area (TPSA) is 83.1 Å². The van der Waals surface area contributed by atoms with Crippen molar-refractivity contribution in [1.29, 1.82) is 0 Å². The van der Waals surface area contributed by atoms with Gasteiger partial charge in [0.1, 0.15) is 9.84 Å². The van der Waals surface area contributed by atoms with Crippen LogP contribution in [0.5, 0.6) is 0 Å². The Balaban J connectivity index is 1.97. The Bertz CT molecular complexity index is 1190. The van der Waals surface area contributed by atoms with Crippen molar-refractivity contribution >= 4 is 21.2 Å². The third-order valence-electron chi connectivity index (χ3n) is 7.20. The second-order valence-corrected chi connectivity index (χ2v) is 13.4. The van der Waals surface area contributed by atoms with E-state index in [2.05, 4.69) is 66.8 Å². The van der Waals surface area contributed by atoms with Crippen molar-refractivity contribution in [3.05, 3.63) is 58.7 Å². The first-order chi connectivity index (χ1) is 15.7. The fraction of sp³-hybridized carbons (Fsp3) is 0.556. The lowest BCUT2D eigenvalue weighted by atomic mass is 9.75. The van der Waals surface area contributed by atoms with E-state index in [1.807, 2.05) is 14.0 Å². The van der Waals surface area contributed by atoms with Gasteiger partial charge in [0.25, 0.3) is 0 Å². The number of carbonyl (C=O) groups is 1. The molecule has 3 rings (SSSR count). The van der Waals surface area contributed by atoms with Crippen LogP contribution >= 0.6 is 0 Å². The van der Waals surface area contributed by atoms with Crippen molar-refractivity contribution < 1.29 is 13.2 Å². The lowest BCUT2D eigenvalue weighted by molar-refractivity contribution is 0.0983. The molecule has 0 saturated heterocycles. The number of nitrogens with one attached hydrogen (secondary N) is 1. The zero-order chi connectivity index (χ0) is 25.3. The smallest absolute Gasteiger partial charge is 0.202 e. The Morgan fingerprint density at radius 3 is 2.53 bits per heavy atom.